The quantitative estimate of drug-likeness (QED) is 0.536. The third-order valence-corrected chi connectivity index (χ3v) is 4.39. The summed E-state index contributed by atoms with van der Waals surface area (Å²) in [7, 11) is 2.89. The van der Waals surface area contributed by atoms with Gasteiger partial charge in [0.2, 0.25) is 11.8 Å². The van der Waals surface area contributed by atoms with E-state index in [0.29, 0.717) is 5.69 Å². The van der Waals surface area contributed by atoms with Crippen molar-refractivity contribution in [1.82, 2.24) is 4.90 Å². The van der Waals surface area contributed by atoms with E-state index in [1.165, 1.54) is 26.0 Å². The monoisotopic (exact) mass is 398 g/mol. The van der Waals surface area contributed by atoms with Crippen LogP contribution in [0.5, 0.6) is 0 Å². The average molecular weight is 399 g/mol. The lowest BCUT2D eigenvalue weighted by Crippen LogP contribution is -2.48. The smallest absolute Gasteiger partial charge is 0.257 e. The highest BCUT2D eigenvalue weighted by Crippen LogP contribution is 2.27. The molecule has 0 N–H and O–H groups in total. The van der Waals surface area contributed by atoms with Gasteiger partial charge in [0.1, 0.15) is 6.04 Å². The van der Waals surface area contributed by atoms with Gasteiger partial charge in [-0.25, -0.2) is 4.90 Å². The molecule has 2 rings (SSSR count). The average Bonchev–Trinajstić information content (AvgIpc) is 2.84. The maximum atomic E-state index is 12.7. The van der Waals surface area contributed by atoms with E-state index in [1.807, 2.05) is 0 Å². The van der Waals surface area contributed by atoms with Gasteiger partial charge in [-0.3, -0.25) is 14.4 Å². The molecule has 1 heterocycles. The van der Waals surface area contributed by atoms with Gasteiger partial charge in [-0.2, -0.15) is 0 Å². The molecule has 1 aliphatic rings. The number of methoxy groups -OCH3 is 2. The number of hydrogen-bond donors (Lipinski definition) is 0. The van der Waals surface area contributed by atoms with Crippen LogP contribution in [0.2, 0.25) is 0 Å². The Morgan fingerprint density at radius 3 is 2.38 bits per heavy atom. The fourth-order valence-corrected chi connectivity index (χ4v) is 2.87. The van der Waals surface area contributed by atoms with E-state index in [1.54, 1.807) is 24.3 Å². The van der Waals surface area contributed by atoms with Gasteiger partial charge in [-0.15, -0.1) is 0 Å². The molecular formula is C16H19BrN2O5. The van der Waals surface area contributed by atoms with Crippen molar-refractivity contribution in [2.45, 2.75) is 25.7 Å². The number of amides is 3. The first kappa shape index (κ1) is 18.6. The van der Waals surface area contributed by atoms with Gasteiger partial charge in [-0.05, 0) is 24.3 Å². The number of carbonyl (C=O) groups is 3. The normalized spacial score (nSPS) is 17.7. The van der Waals surface area contributed by atoms with Crippen molar-refractivity contribution < 1.29 is 23.9 Å². The summed E-state index contributed by atoms with van der Waals surface area (Å²) >= 11 is 3.31. The van der Waals surface area contributed by atoms with Crippen molar-refractivity contribution in [3.63, 3.8) is 0 Å². The molecule has 1 saturated heterocycles. The molecule has 3 amide bonds. The van der Waals surface area contributed by atoms with E-state index in [9.17, 15) is 14.4 Å². The molecule has 24 heavy (non-hydrogen) atoms. The number of nitrogens with zero attached hydrogens (tertiary/aromatic N) is 2. The second-order valence-corrected chi connectivity index (χ2v) is 6.25. The molecule has 0 bridgehead atoms. The summed E-state index contributed by atoms with van der Waals surface area (Å²) < 4.78 is 11.0. The number of carbonyl (C=O) groups excluding carboxylic acids is 3. The Bertz CT molecular complexity index is 630. The topological polar surface area (TPSA) is 76.2 Å². The SMILES string of the molecule is COC(CN(C(C)=O)C1CC(=O)N(c2ccc(Br)cc2)C1=O)OC. The molecule has 1 atom stereocenters. The van der Waals surface area contributed by atoms with Crippen LogP contribution in [0.3, 0.4) is 0 Å². The summed E-state index contributed by atoms with van der Waals surface area (Å²) in [6, 6.07) is 5.99. The van der Waals surface area contributed by atoms with E-state index in [0.717, 1.165) is 9.37 Å². The summed E-state index contributed by atoms with van der Waals surface area (Å²) in [6.07, 6.45) is -0.729. The zero-order valence-corrected chi connectivity index (χ0v) is 15.3. The van der Waals surface area contributed by atoms with E-state index in [-0.39, 0.29) is 24.8 Å². The molecule has 130 valence electrons. The maximum Gasteiger partial charge on any atom is 0.257 e. The Morgan fingerprint density at radius 1 is 1.29 bits per heavy atom. The largest absolute Gasteiger partial charge is 0.354 e. The van der Waals surface area contributed by atoms with Gasteiger partial charge in [-0.1, -0.05) is 15.9 Å². The van der Waals surface area contributed by atoms with E-state index in [4.69, 9.17) is 9.47 Å². The lowest BCUT2D eigenvalue weighted by atomic mass is 10.2. The number of halogens is 1. The fraction of sp³-hybridized carbons (Fsp3) is 0.438. The predicted molar refractivity (Wildman–Crippen MR) is 90.2 cm³/mol. The van der Waals surface area contributed by atoms with Crippen LogP contribution in [0.15, 0.2) is 28.7 Å². The van der Waals surface area contributed by atoms with Crippen LogP contribution >= 0.6 is 15.9 Å². The number of imide groups is 1. The van der Waals surface area contributed by atoms with Crippen molar-refractivity contribution in [2.75, 3.05) is 25.7 Å². The number of ether oxygens (including phenoxy) is 2. The van der Waals surface area contributed by atoms with Crippen LogP contribution in [0.1, 0.15) is 13.3 Å². The first-order valence-corrected chi connectivity index (χ1v) is 8.13. The first-order chi connectivity index (χ1) is 11.4. The zero-order chi connectivity index (χ0) is 17.9. The molecule has 1 aromatic rings. The summed E-state index contributed by atoms with van der Waals surface area (Å²) in [5, 5.41) is 0. The molecule has 0 radical (unpaired) electrons. The van der Waals surface area contributed by atoms with Gasteiger partial charge in [0, 0.05) is 25.6 Å². The van der Waals surface area contributed by atoms with Gasteiger partial charge in [0.05, 0.1) is 18.7 Å². The van der Waals surface area contributed by atoms with Crippen LogP contribution in [0.25, 0.3) is 0 Å². The van der Waals surface area contributed by atoms with E-state index >= 15 is 0 Å². The van der Waals surface area contributed by atoms with Crippen LogP contribution < -0.4 is 4.90 Å². The molecular weight excluding hydrogens is 380 g/mol. The van der Waals surface area contributed by atoms with Crippen LogP contribution in [0.4, 0.5) is 5.69 Å². The third kappa shape index (κ3) is 3.82. The van der Waals surface area contributed by atoms with Crippen LogP contribution in [-0.2, 0) is 23.9 Å². The standard InChI is InChI=1S/C16H19BrN2O5/c1-10(20)18(9-15(23-2)24-3)13-8-14(21)19(16(13)22)12-6-4-11(17)5-7-12/h4-7,13,15H,8-9H2,1-3H3. The summed E-state index contributed by atoms with van der Waals surface area (Å²) in [4.78, 5) is 39.4. The highest BCUT2D eigenvalue weighted by atomic mass is 79.9. The van der Waals surface area contributed by atoms with Crippen LogP contribution in [-0.4, -0.2) is 55.7 Å². The fourth-order valence-electron chi connectivity index (χ4n) is 2.60. The van der Waals surface area contributed by atoms with Gasteiger partial charge >= 0.3 is 0 Å². The molecule has 1 aromatic carbocycles. The number of rotatable bonds is 6. The molecule has 0 saturated carbocycles. The predicted octanol–water partition coefficient (Wildman–Crippen LogP) is 1.55. The Hall–Kier alpha value is -1.77. The number of hydrogen-bond acceptors (Lipinski definition) is 5. The van der Waals surface area contributed by atoms with Crippen molar-refractivity contribution in [3.8, 4) is 0 Å². The van der Waals surface area contributed by atoms with Crippen molar-refractivity contribution in [3.05, 3.63) is 28.7 Å². The second kappa shape index (κ2) is 7.87. The summed E-state index contributed by atoms with van der Waals surface area (Å²) in [5.74, 6) is -1.09. The molecule has 0 aliphatic carbocycles. The molecule has 1 unspecified atom stereocenters. The van der Waals surface area contributed by atoms with Crippen molar-refractivity contribution in [1.29, 1.82) is 0 Å². The lowest BCUT2D eigenvalue weighted by Gasteiger charge is -2.29. The van der Waals surface area contributed by atoms with Gasteiger partial charge in [0.15, 0.2) is 6.29 Å². The molecule has 8 heteroatoms. The summed E-state index contributed by atoms with van der Waals surface area (Å²) in [5.41, 5.74) is 0.481. The van der Waals surface area contributed by atoms with E-state index < -0.39 is 18.2 Å². The Labute approximate surface area is 148 Å². The zero-order valence-electron chi connectivity index (χ0n) is 13.7. The van der Waals surface area contributed by atoms with Crippen molar-refractivity contribution >= 4 is 39.3 Å². The molecule has 1 fully saturated rings. The first-order valence-electron chi connectivity index (χ1n) is 7.34. The number of benzene rings is 1. The molecule has 1 aliphatic heterocycles. The highest BCUT2D eigenvalue weighted by molar-refractivity contribution is 9.10. The minimum absolute atomic E-state index is 0.0609. The number of anilines is 1. The summed E-state index contributed by atoms with van der Waals surface area (Å²) in [6.45, 7) is 1.42. The third-order valence-electron chi connectivity index (χ3n) is 3.86. The second-order valence-electron chi connectivity index (χ2n) is 5.34. The molecule has 0 spiro atoms. The van der Waals surface area contributed by atoms with Gasteiger partial charge < -0.3 is 14.4 Å². The van der Waals surface area contributed by atoms with Gasteiger partial charge in [0.25, 0.3) is 5.91 Å². The minimum atomic E-state index is -0.855. The molecule has 0 aromatic heterocycles. The van der Waals surface area contributed by atoms with Crippen LogP contribution in [0, 0.1) is 0 Å². The Balaban J connectivity index is 2.24. The Kier molecular flexibility index (Phi) is 6.09. The van der Waals surface area contributed by atoms with Crippen molar-refractivity contribution in [2.24, 2.45) is 0 Å². The maximum absolute atomic E-state index is 12.7. The Morgan fingerprint density at radius 2 is 1.88 bits per heavy atom. The van der Waals surface area contributed by atoms with E-state index in [2.05, 4.69) is 15.9 Å². The molecule has 7 nitrogen and oxygen atoms in total. The lowest BCUT2D eigenvalue weighted by molar-refractivity contribution is -0.150. The highest BCUT2D eigenvalue weighted by Gasteiger charge is 2.44. The minimum Gasteiger partial charge on any atom is -0.354 e.